The van der Waals surface area contributed by atoms with Gasteiger partial charge in [0.1, 0.15) is 11.2 Å². The minimum Gasteiger partial charge on any atom is -0.220 e. The summed E-state index contributed by atoms with van der Waals surface area (Å²) in [5.41, 5.74) is 1.01. The van der Waals surface area contributed by atoms with Crippen molar-refractivity contribution in [1.82, 2.24) is 14.8 Å². The van der Waals surface area contributed by atoms with Crippen LogP contribution in [0.5, 0.6) is 0 Å². The Bertz CT molecular complexity index is 886. The topological polar surface area (TPSA) is 64.8 Å². The number of alkyl halides is 3. The van der Waals surface area contributed by atoms with E-state index < -0.39 is 27.1 Å². The second kappa shape index (κ2) is 5.54. The van der Waals surface area contributed by atoms with Crippen LogP contribution in [0.25, 0.3) is 5.69 Å². The van der Waals surface area contributed by atoms with Gasteiger partial charge in [-0.1, -0.05) is 13.0 Å². The van der Waals surface area contributed by atoms with Crippen molar-refractivity contribution in [2.45, 2.75) is 43.2 Å². The number of aromatic nitrogens is 3. The Labute approximate surface area is 135 Å². The molecule has 2 aromatic rings. The second-order valence-electron chi connectivity index (χ2n) is 5.59. The summed E-state index contributed by atoms with van der Waals surface area (Å²) in [6, 6.07) is 2.57. The molecule has 10 heteroatoms. The van der Waals surface area contributed by atoms with Gasteiger partial charge in [0.15, 0.2) is 0 Å². The van der Waals surface area contributed by atoms with Crippen LogP contribution in [0.1, 0.15) is 42.6 Å². The van der Waals surface area contributed by atoms with Crippen LogP contribution in [-0.2, 0) is 22.8 Å². The van der Waals surface area contributed by atoms with Gasteiger partial charge < -0.3 is 0 Å². The Balaban J connectivity index is 2.18. The monoisotopic (exact) mass is 363 g/mol. The SMILES string of the molecule is CCc1cc(C2CC2)c(S(=O)(=O)F)cc1-n1cnc(C(F)(F)F)n1. The van der Waals surface area contributed by atoms with Crippen molar-refractivity contribution in [3.05, 3.63) is 35.4 Å². The summed E-state index contributed by atoms with van der Waals surface area (Å²) in [6.45, 7) is 1.76. The van der Waals surface area contributed by atoms with E-state index in [2.05, 4.69) is 10.1 Å². The molecule has 1 saturated carbocycles. The normalized spacial score (nSPS) is 15.7. The Morgan fingerprint density at radius 1 is 1.29 bits per heavy atom. The first-order chi connectivity index (χ1) is 11.1. The standard InChI is InChI=1S/C14H13F4N3O2S/c1-2-8-5-10(9-3-4-9)12(24(18,22)23)6-11(8)21-7-19-13(20-21)14(15,16)17/h5-7,9H,2-4H2,1H3. The van der Waals surface area contributed by atoms with E-state index in [9.17, 15) is 25.5 Å². The average Bonchev–Trinajstić information content (AvgIpc) is 3.20. The number of halogens is 4. The number of nitrogens with zero attached hydrogens (tertiary/aromatic N) is 3. The van der Waals surface area contributed by atoms with Crippen LogP contribution >= 0.6 is 0 Å². The highest BCUT2D eigenvalue weighted by molar-refractivity contribution is 7.86. The number of rotatable bonds is 4. The van der Waals surface area contributed by atoms with E-state index in [1.807, 2.05) is 0 Å². The molecular formula is C14H13F4N3O2S. The average molecular weight is 363 g/mol. The summed E-state index contributed by atoms with van der Waals surface area (Å²) in [5.74, 6) is -1.38. The number of aryl methyl sites for hydroxylation is 1. The van der Waals surface area contributed by atoms with Crippen molar-refractivity contribution in [2.75, 3.05) is 0 Å². The van der Waals surface area contributed by atoms with Crippen molar-refractivity contribution in [1.29, 1.82) is 0 Å². The van der Waals surface area contributed by atoms with Crippen LogP contribution in [0.15, 0.2) is 23.4 Å². The van der Waals surface area contributed by atoms with Crippen molar-refractivity contribution in [3.63, 3.8) is 0 Å². The molecule has 24 heavy (non-hydrogen) atoms. The van der Waals surface area contributed by atoms with Crippen LogP contribution in [0.4, 0.5) is 17.1 Å². The van der Waals surface area contributed by atoms with Gasteiger partial charge in [0.25, 0.3) is 5.82 Å². The molecular weight excluding hydrogens is 350 g/mol. The fourth-order valence-corrected chi connectivity index (χ4v) is 3.32. The Kier molecular flexibility index (Phi) is 3.89. The summed E-state index contributed by atoms with van der Waals surface area (Å²) in [5, 5.41) is 3.34. The first-order valence-corrected chi connectivity index (χ1v) is 8.60. The van der Waals surface area contributed by atoms with Crippen LogP contribution in [0.2, 0.25) is 0 Å². The molecule has 1 aromatic heterocycles. The molecule has 1 heterocycles. The number of hydrogen-bond acceptors (Lipinski definition) is 4. The molecule has 0 amide bonds. The zero-order chi connectivity index (χ0) is 17.7. The minimum atomic E-state index is -5.00. The first-order valence-electron chi connectivity index (χ1n) is 7.22. The van der Waals surface area contributed by atoms with Crippen LogP contribution in [0.3, 0.4) is 0 Å². The van der Waals surface area contributed by atoms with E-state index in [0.717, 1.165) is 29.9 Å². The van der Waals surface area contributed by atoms with Crippen LogP contribution in [-0.4, -0.2) is 23.2 Å². The molecule has 0 spiro atoms. The largest absolute Gasteiger partial charge is 0.453 e. The molecule has 5 nitrogen and oxygen atoms in total. The first kappa shape index (κ1) is 16.9. The summed E-state index contributed by atoms with van der Waals surface area (Å²) < 4.78 is 75.3. The fourth-order valence-electron chi connectivity index (χ4n) is 2.56. The van der Waals surface area contributed by atoms with E-state index in [4.69, 9.17) is 0 Å². The lowest BCUT2D eigenvalue weighted by Gasteiger charge is -2.13. The molecule has 0 aliphatic heterocycles. The molecule has 0 bridgehead atoms. The maximum Gasteiger partial charge on any atom is 0.453 e. The van der Waals surface area contributed by atoms with E-state index in [-0.39, 0.29) is 11.6 Å². The quantitative estimate of drug-likeness (QED) is 0.617. The van der Waals surface area contributed by atoms with Gasteiger partial charge >= 0.3 is 16.4 Å². The third-order valence-electron chi connectivity index (χ3n) is 3.86. The molecule has 1 aromatic carbocycles. The zero-order valence-corrected chi connectivity index (χ0v) is 13.3. The lowest BCUT2D eigenvalue weighted by molar-refractivity contribution is -0.144. The van der Waals surface area contributed by atoms with Gasteiger partial charge in [0, 0.05) is 0 Å². The summed E-state index contributed by atoms with van der Waals surface area (Å²) in [4.78, 5) is 2.67. The molecule has 1 aliphatic carbocycles. The summed E-state index contributed by atoms with van der Waals surface area (Å²) >= 11 is 0. The van der Waals surface area contributed by atoms with Crippen molar-refractivity contribution >= 4 is 10.2 Å². The Morgan fingerprint density at radius 3 is 2.42 bits per heavy atom. The predicted molar refractivity (Wildman–Crippen MR) is 76.0 cm³/mol. The van der Waals surface area contributed by atoms with E-state index in [1.165, 1.54) is 6.07 Å². The highest BCUT2D eigenvalue weighted by Gasteiger charge is 2.36. The smallest absolute Gasteiger partial charge is 0.220 e. The molecule has 3 rings (SSSR count). The lowest BCUT2D eigenvalue weighted by atomic mass is 10.0. The van der Waals surface area contributed by atoms with Gasteiger partial charge in [-0.2, -0.15) is 21.6 Å². The highest BCUT2D eigenvalue weighted by atomic mass is 32.3. The van der Waals surface area contributed by atoms with E-state index in [1.54, 1.807) is 6.92 Å². The summed E-state index contributed by atoms with van der Waals surface area (Å²) in [7, 11) is -5.00. The molecule has 0 saturated heterocycles. The molecule has 0 unspecified atom stereocenters. The molecule has 130 valence electrons. The number of benzene rings is 1. The van der Waals surface area contributed by atoms with Gasteiger partial charge in [-0.15, -0.1) is 8.98 Å². The van der Waals surface area contributed by atoms with Gasteiger partial charge in [0.2, 0.25) is 0 Å². The molecule has 1 fully saturated rings. The maximum absolute atomic E-state index is 13.6. The van der Waals surface area contributed by atoms with Gasteiger partial charge in [0.05, 0.1) is 5.69 Å². The van der Waals surface area contributed by atoms with Crippen LogP contribution in [0, 0.1) is 0 Å². The molecule has 0 N–H and O–H groups in total. The third kappa shape index (κ3) is 3.14. The molecule has 1 aliphatic rings. The van der Waals surface area contributed by atoms with Crippen molar-refractivity contribution in [3.8, 4) is 5.69 Å². The van der Waals surface area contributed by atoms with Crippen molar-refractivity contribution in [2.24, 2.45) is 0 Å². The number of hydrogen-bond donors (Lipinski definition) is 0. The second-order valence-corrected chi connectivity index (χ2v) is 6.91. The minimum absolute atomic E-state index is 0.0358. The van der Waals surface area contributed by atoms with Crippen molar-refractivity contribution < 1.29 is 25.5 Å². The maximum atomic E-state index is 13.6. The summed E-state index contributed by atoms with van der Waals surface area (Å²) in [6.07, 6.45) is -1.95. The fraction of sp³-hybridized carbons (Fsp3) is 0.429. The van der Waals surface area contributed by atoms with E-state index >= 15 is 0 Å². The van der Waals surface area contributed by atoms with E-state index in [0.29, 0.717) is 17.5 Å². The van der Waals surface area contributed by atoms with Gasteiger partial charge in [-0.25, -0.2) is 9.67 Å². The Morgan fingerprint density at radius 2 is 1.96 bits per heavy atom. The molecule has 0 radical (unpaired) electrons. The van der Waals surface area contributed by atoms with Gasteiger partial charge in [-0.05, 0) is 42.4 Å². The highest BCUT2D eigenvalue weighted by Crippen LogP contribution is 2.44. The third-order valence-corrected chi connectivity index (χ3v) is 4.74. The van der Waals surface area contributed by atoms with Crippen LogP contribution < -0.4 is 0 Å². The van der Waals surface area contributed by atoms with Gasteiger partial charge in [-0.3, -0.25) is 0 Å². The zero-order valence-electron chi connectivity index (χ0n) is 12.5. The molecule has 0 atom stereocenters. The predicted octanol–water partition coefficient (Wildman–Crippen LogP) is 3.38. The Hall–Kier alpha value is -1.97. The lowest BCUT2D eigenvalue weighted by Crippen LogP contribution is -2.10.